The molecule has 1 saturated carbocycles. The summed E-state index contributed by atoms with van der Waals surface area (Å²) < 4.78 is 5.39. The Morgan fingerprint density at radius 2 is 1.84 bits per heavy atom. The summed E-state index contributed by atoms with van der Waals surface area (Å²) in [6, 6.07) is 0. The molecule has 1 aliphatic rings. The Balaban J connectivity index is 2.71. The Bertz CT molecular complexity index is 330. The monoisotopic (exact) mass is 269 g/mol. The number of rotatable bonds is 2. The molecule has 0 spiro atoms. The quantitative estimate of drug-likeness (QED) is 0.801. The zero-order chi connectivity index (χ0) is 14.9. The van der Waals surface area contributed by atoms with E-state index < -0.39 is 5.60 Å². The first-order valence-electron chi connectivity index (χ1n) is 7.46. The highest BCUT2D eigenvalue weighted by Gasteiger charge is 2.42. The Hall–Kier alpha value is -0.730. The summed E-state index contributed by atoms with van der Waals surface area (Å²) in [5.74, 6) is 0.684. The van der Waals surface area contributed by atoms with E-state index in [0.717, 1.165) is 12.8 Å². The third-order valence-corrected chi connectivity index (χ3v) is 3.83. The van der Waals surface area contributed by atoms with Crippen molar-refractivity contribution in [2.24, 2.45) is 11.3 Å². The van der Waals surface area contributed by atoms with Gasteiger partial charge in [0.1, 0.15) is 5.60 Å². The van der Waals surface area contributed by atoms with Crippen LogP contribution in [0.3, 0.4) is 0 Å². The first-order valence-corrected chi connectivity index (χ1v) is 7.46. The van der Waals surface area contributed by atoms with Crippen molar-refractivity contribution in [2.75, 3.05) is 0 Å². The van der Waals surface area contributed by atoms with Crippen LogP contribution in [0, 0.1) is 11.3 Å². The second-order valence-corrected chi connectivity index (χ2v) is 8.21. The molecule has 1 aliphatic carbocycles. The van der Waals surface area contributed by atoms with Crippen molar-refractivity contribution in [1.29, 1.82) is 0 Å². The normalized spacial score (nSPS) is 30.8. The summed E-state index contributed by atoms with van der Waals surface area (Å²) in [5, 5.41) is 3.11. The van der Waals surface area contributed by atoms with Crippen LogP contribution in [0.5, 0.6) is 0 Å². The summed E-state index contributed by atoms with van der Waals surface area (Å²) in [6.07, 6.45) is 4.19. The van der Waals surface area contributed by atoms with Crippen LogP contribution in [-0.2, 0) is 4.74 Å². The van der Waals surface area contributed by atoms with E-state index in [9.17, 15) is 4.79 Å². The minimum atomic E-state index is -0.436. The highest BCUT2D eigenvalue weighted by molar-refractivity contribution is 5.68. The van der Waals surface area contributed by atoms with E-state index in [-0.39, 0.29) is 17.0 Å². The number of alkyl carbamates (subject to hydrolysis) is 1. The van der Waals surface area contributed by atoms with E-state index >= 15 is 0 Å². The third-order valence-electron chi connectivity index (χ3n) is 3.83. The summed E-state index contributed by atoms with van der Waals surface area (Å²) in [6.45, 7) is 14.7. The molecular weight excluding hydrogens is 238 g/mol. The predicted molar refractivity (Wildman–Crippen MR) is 79.2 cm³/mol. The van der Waals surface area contributed by atoms with Crippen molar-refractivity contribution in [3.63, 3.8) is 0 Å². The van der Waals surface area contributed by atoms with Crippen LogP contribution in [0.25, 0.3) is 0 Å². The van der Waals surface area contributed by atoms with E-state index in [4.69, 9.17) is 4.74 Å². The Labute approximate surface area is 118 Å². The van der Waals surface area contributed by atoms with Gasteiger partial charge in [-0.2, -0.15) is 0 Å². The van der Waals surface area contributed by atoms with Gasteiger partial charge in [-0.25, -0.2) is 4.79 Å². The average molecular weight is 269 g/mol. The van der Waals surface area contributed by atoms with Gasteiger partial charge in [0.2, 0.25) is 0 Å². The van der Waals surface area contributed by atoms with Gasteiger partial charge in [-0.05, 0) is 58.3 Å². The van der Waals surface area contributed by atoms with Crippen molar-refractivity contribution in [3.05, 3.63) is 0 Å². The first-order chi connectivity index (χ1) is 8.45. The maximum atomic E-state index is 12.0. The maximum Gasteiger partial charge on any atom is 0.408 e. The lowest BCUT2D eigenvalue weighted by Crippen LogP contribution is -2.53. The van der Waals surface area contributed by atoms with Crippen molar-refractivity contribution in [3.8, 4) is 0 Å². The molecule has 1 N–H and O–H groups in total. The summed E-state index contributed by atoms with van der Waals surface area (Å²) in [4.78, 5) is 12.0. The molecule has 0 bridgehead atoms. The average Bonchev–Trinajstić information content (AvgIpc) is 2.09. The molecule has 2 unspecified atom stereocenters. The molecule has 112 valence electrons. The number of ether oxygens (including phenoxy) is 1. The third kappa shape index (κ3) is 5.42. The largest absolute Gasteiger partial charge is 0.444 e. The maximum absolute atomic E-state index is 12.0. The summed E-state index contributed by atoms with van der Waals surface area (Å²) in [5.41, 5.74) is -0.303. The van der Waals surface area contributed by atoms with Crippen molar-refractivity contribution in [1.82, 2.24) is 5.32 Å². The van der Waals surface area contributed by atoms with Gasteiger partial charge >= 0.3 is 6.09 Å². The zero-order valence-corrected chi connectivity index (χ0v) is 13.7. The lowest BCUT2D eigenvalue weighted by molar-refractivity contribution is 0.0306. The van der Waals surface area contributed by atoms with Gasteiger partial charge in [-0.3, -0.25) is 0 Å². The molecule has 0 radical (unpaired) electrons. The van der Waals surface area contributed by atoms with Crippen molar-refractivity contribution >= 4 is 6.09 Å². The molecular formula is C16H31NO2. The van der Waals surface area contributed by atoms with Gasteiger partial charge in [0, 0.05) is 5.54 Å². The van der Waals surface area contributed by atoms with Crippen LogP contribution < -0.4 is 5.32 Å². The zero-order valence-electron chi connectivity index (χ0n) is 13.7. The molecule has 0 heterocycles. The SMILES string of the molecule is CCC1CC(C)(C)CC(C)(NC(=O)OC(C)(C)C)C1. The number of hydrogen-bond acceptors (Lipinski definition) is 2. The first kappa shape index (κ1) is 16.3. The van der Waals surface area contributed by atoms with E-state index in [0.29, 0.717) is 5.92 Å². The fourth-order valence-electron chi connectivity index (χ4n) is 3.63. The molecule has 2 atom stereocenters. The van der Waals surface area contributed by atoms with Crippen LogP contribution in [-0.4, -0.2) is 17.2 Å². The van der Waals surface area contributed by atoms with E-state index in [2.05, 4.69) is 33.0 Å². The minimum Gasteiger partial charge on any atom is -0.444 e. The van der Waals surface area contributed by atoms with E-state index in [1.54, 1.807) is 0 Å². The molecule has 0 aromatic heterocycles. The van der Waals surface area contributed by atoms with Crippen molar-refractivity contribution in [2.45, 2.75) is 85.3 Å². The number of carbonyl (C=O) groups excluding carboxylic acids is 1. The van der Waals surface area contributed by atoms with E-state index in [1.165, 1.54) is 12.8 Å². The standard InChI is InChI=1S/C16H31NO2/c1-8-12-9-15(5,6)11-16(7,10-12)17-13(18)19-14(2,3)4/h12H,8-11H2,1-7H3,(H,17,18). The smallest absolute Gasteiger partial charge is 0.408 e. The molecule has 0 aromatic rings. The number of nitrogens with one attached hydrogen (secondary N) is 1. The molecule has 0 saturated heterocycles. The molecule has 3 nitrogen and oxygen atoms in total. The van der Waals surface area contributed by atoms with Gasteiger partial charge < -0.3 is 10.1 Å². The lowest BCUT2D eigenvalue weighted by atomic mass is 9.64. The van der Waals surface area contributed by atoms with Gasteiger partial charge in [0.15, 0.2) is 0 Å². The minimum absolute atomic E-state index is 0.148. The number of amides is 1. The Morgan fingerprint density at radius 3 is 2.32 bits per heavy atom. The Kier molecular flexibility index (Phi) is 4.58. The molecule has 3 heteroatoms. The van der Waals surface area contributed by atoms with Gasteiger partial charge in [-0.1, -0.05) is 27.2 Å². The van der Waals surface area contributed by atoms with Crippen LogP contribution in [0.1, 0.15) is 74.1 Å². The highest BCUT2D eigenvalue weighted by Crippen LogP contribution is 2.44. The molecule has 0 aromatic carbocycles. The molecule has 1 rings (SSSR count). The van der Waals surface area contributed by atoms with E-state index in [1.807, 2.05) is 20.8 Å². The topological polar surface area (TPSA) is 38.3 Å². The fourth-order valence-corrected chi connectivity index (χ4v) is 3.63. The van der Waals surface area contributed by atoms with Crippen molar-refractivity contribution < 1.29 is 9.53 Å². The number of carbonyl (C=O) groups is 1. The van der Waals surface area contributed by atoms with Crippen LogP contribution in [0.15, 0.2) is 0 Å². The van der Waals surface area contributed by atoms with Crippen LogP contribution in [0.2, 0.25) is 0 Å². The number of hydrogen-bond donors (Lipinski definition) is 1. The molecule has 1 fully saturated rings. The Morgan fingerprint density at radius 1 is 1.26 bits per heavy atom. The van der Waals surface area contributed by atoms with Gasteiger partial charge in [-0.15, -0.1) is 0 Å². The molecule has 0 aliphatic heterocycles. The fraction of sp³-hybridized carbons (Fsp3) is 0.938. The van der Waals surface area contributed by atoms with Crippen LogP contribution in [0.4, 0.5) is 4.79 Å². The van der Waals surface area contributed by atoms with Gasteiger partial charge in [0.25, 0.3) is 0 Å². The molecule has 1 amide bonds. The van der Waals surface area contributed by atoms with Gasteiger partial charge in [0.05, 0.1) is 0 Å². The molecule has 19 heavy (non-hydrogen) atoms. The predicted octanol–water partition coefficient (Wildman–Crippen LogP) is 4.51. The summed E-state index contributed by atoms with van der Waals surface area (Å²) in [7, 11) is 0. The second kappa shape index (κ2) is 5.34. The second-order valence-electron chi connectivity index (χ2n) is 8.21. The lowest BCUT2D eigenvalue weighted by Gasteiger charge is -2.46. The highest BCUT2D eigenvalue weighted by atomic mass is 16.6. The summed E-state index contributed by atoms with van der Waals surface area (Å²) >= 11 is 0. The van der Waals surface area contributed by atoms with Crippen LogP contribution >= 0.6 is 0 Å².